The maximum atomic E-state index is 12.2. The summed E-state index contributed by atoms with van der Waals surface area (Å²) in [6, 6.07) is 14.9. The van der Waals surface area contributed by atoms with Crippen LogP contribution in [0.1, 0.15) is 22.7 Å². The molecule has 2 N–H and O–H groups in total. The number of fused-ring (bicyclic) bond motifs is 3. The second-order valence-electron chi connectivity index (χ2n) is 6.54. The zero-order chi connectivity index (χ0) is 19.5. The molecule has 0 fully saturated rings. The van der Waals surface area contributed by atoms with Crippen molar-refractivity contribution in [2.45, 2.75) is 18.4 Å². The summed E-state index contributed by atoms with van der Waals surface area (Å²) in [7, 11) is 0. The van der Waals surface area contributed by atoms with Crippen molar-refractivity contribution in [1.29, 1.82) is 0 Å². The first-order valence-electron chi connectivity index (χ1n) is 8.85. The van der Waals surface area contributed by atoms with E-state index in [1.807, 2.05) is 48.5 Å². The first kappa shape index (κ1) is 17.8. The highest BCUT2D eigenvalue weighted by molar-refractivity contribution is 5.81. The molecule has 0 radical (unpaired) electrons. The highest BCUT2D eigenvalue weighted by Crippen LogP contribution is 2.44. The molecule has 0 unspecified atom stereocenters. The van der Waals surface area contributed by atoms with Crippen LogP contribution in [0.15, 0.2) is 65.6 Å². The van der Waals surface area contributed by atoms with Gasteiger partial charge in [0.1, 0.15) is 18.9 Å². The number of carbonyl (C=O) groups excluding carboxylic acids is 1. The molecule has 2 aromatic carbocycles. The number of nitrogens with one attached hydrogen (secondary N) is 1. The number of amides is 1. The summed E-state index contributed by atoms with van der Waals surface area (Å²) in [5.74, 6) is -1.26. The third-order valence-electron chi connectivity index (χ3n) is 4.83. The van der Waals surface area contributed by atoms with Crippen LogP contribution in [0.2, 0.25) is 0 Å². The van der Waals surface area contributed by atoms with Gasteiger partial charge in [0.15, 0.2) is 6.39 Å². The molecule has 1 aliphatic carbocycles. The molecule has 1 heterocycles. The predicted octanol–water partition coefficient (Wildman–Crippen LogP) is 3.21. The standard InChI is InChI=1S/C21H18N2O5/c24-20(25)19(9-13-10-27-12-22-13)23-21(26)28-11-18-16-7-3-1-5-14(16)15-6-2-4-8-17(15)18/h1-8,10,12,18-19H,9,11H2,(H,23,26)(H,24,25)/t19-/m0/s1. The number of aliphatic carboxylic acids is 1. The van der Waals surface area contributed by atoms with Gasteiger partial charge in [-0.05, 0) is 22.3 Å². The van der Waals surface area contributed by atoms with E-state index in [0.29, 0.717) is 5.69 Å². The summed E-state index contributed by atoms with van der Waals surface area (Å²) in [4.78, 5) is 27.5. The first-order valence-corrected chi connectivity index (χ1v) is 8.85. The minimum Gasteiger partial charge on any atom is -0.480 e. The van der Waals surface area contributed by atoms with Gasteiger partial charge in [-0.15, -0.1) is 0 Å². The normalized spacial score (nSPS) is 13.4. The van der Waals surface area contributed by atoms with Crippen molar-refractivity contribution < 1.29 is 23.8 Å². The van der Waals surface area contributed by atoms with Crippen molar-refractivity contribution in [3.05, 3.63) is 78.0 Å². The number of aromatic nitrogens is 1. The van der Waals surface area contributed by atoms with Crippen molar-refractivity contribution >= 4 is 12.1 Å². The Balaban J connectivity index is 1.44. The summed E-state index contributed by atoms with van der Waals surface area (Å²) in [5.41, 5.74) is 4.87. The lowest BCUT2D eigenvalue weighted by atomic mass is 9.98. The lowest BCUT2D eigenvalue weighted by molar-refractivity contribution is -0.139. The van der Waals surface area contributed by atoms with E-state index in [9.17, 15) is 14.7 Å². The topological polar surface area (TPSA) is 102 Å². The van der Waals surface area contributed by atoms with Crippen LogP contribution in [0.4, 0.5) is 4.79 Å². The van der Waals surface area contributed by atoms with E-state index in [1.165, 1.54) is 12.7 Å². The van der Waals surface area contributed by atoms with E-state index in [0.717, 1.165) is 22.3 Å². The summed E-state index contributed by atoms with van der Waals surface area (Å²) in [6.45, 7) is 0.121. The Labute approximate surface area is 161 Å². The summed E-state index contributed by atoms with van der Waals surface area (Å²) >= 11 is 0. The number of hydrogen-bond acceptors (Lipinski definition) is 5. The maximum absolute atomic E-state index is 12.2. The SMILES string of the molecule is O=C(N[C@@H](Cc1cocn1)C(=O)O)OCC1c2ccccc2-c2ccccc21. The number of carboxylic acid groups (broad SMARTS) is 1. The van der Waals surface area contributed by atoms with Gasteiger partial charge in [-0.25, -0.2) is 14.6 Å². The molecule has 7 heteroatoms. The van der Waals surface area contributed by atoms with Gasteiger partial charge < -0.3 is 19.6 Å². The van der Waals surface area contributed by atoms with Crippen molar-refractivity contribution in [3.63, 3.8) is 0 Å². The van der Waals surface area contributed by atoms with Gasteiger partial charge >= 0.3 is 12.1 Å². The van der Waals surface area contributed by atoms with Gasteiger partial charge in [-0.3, -0.25) is 0 Å². The molecule has 28 heavy (non-hydrogen) atoms. The number of nitrogens with zero attached hydrogens (tertiary/aromatic N) is 1. The van der Waals surface area contributed by atoms with Gasteiger partial charge in [-0.2, -0.15) is 0 Å². The molecular formula is C21H18N2O5. The smallest absolute Gasteiger partial charge is 0.407 e. The monoisotopic (exact) mass is 378 g/mol. The minimum absolute atomic E-state index is 0.00995. The zero-order valence-corrected chi connectivity index (χ0v) is 14.9. The number of carboxylic acids is 1. The Hall–Kier alpha value is -3.61. The fourth-order valence-corrected chi connectivity index (χ4v) is 3.53. The Morgan fingerprint density at radius 1 is 1.11 bits per heavy atom. The Bertz CT molecular complexity index is 954. The third kappa shape index (κ3) is 3.46. The Morgan fingerprint density at radius 2 is 1.75 bits per heavy atom. The largest absolute Gasteiger partial charge is 0.480 e. The van der Waals surface area contributed by atoms with Crippen molar-refractivity contribution in [3.8, 4) is 11.1 Å². The lowest BCUT2D eigenvalue weighted by Crippen LogP contribution is -2.43. The van der Waals surface area contributed by atoms with Crippen LogP contribution in [-0.2, 0) is 16.0 Å². The number of alkyl carbamates (subject to hydrolysis) is 1. The van der Waals surface area contributed by atoms with E-state index in [2.05, 4.69) is 10.3 Å². The molecule has 1 atom stereocenters. The number of rotatable bonds is 6. The fourth-order valence-electron chi connectivity index (χ4n) is 3.53. The number of ether oxygens (including phenoxy) is 1. The zero-order valence-electron chi connectivity index (χ0n) is 14.9. The van der Waals surface area contributed by atoms with Crippen molar-refractivity contribution in [2.75, 3.05) is 6.61 Å². The average Bonchev–Trinajstić information content (AvgIpc) is 3.32. The fraction of sp³-hybridized carbons (Fsp3) is 0.190. The van der Waals surface area contributed by atoms with Crippen molar-refractivity contribution in [2.24, 2.45) is 0 Å². The molecule has 1 aromatic heterocycles. The van der Waals surface area contributed by atoms with Crippen LogP contribution in [0.25, 0.3) is 11.1 Å². The highest BCUT2D eigenvalue weighted by Gasteiger charge is 2.29. The summed E-state index contributed by atoms with van der Waals surface area (Å²) in [5, 5.41) is 11.7. The van der Waals surface area contributed by atoms with Gasteiger partial charge in [0.05, 0.1) is 5.69 Å². The molecule has 3 aromatic rings. The van der Waals surface area contributed by atoms with Crippen LogP contribution in [0.3, 0.4) is 0 Å². The molecule has 4 rings (SSSR count). The van der Waals surface area contributed by atoms with Crippen LogP contribution < -0.4 is 5.32 Å². The molecule has 0 spiro atoms. The van der Waals surface area contributed by atoms with Crippen LogP contribution in [0.5, 0.6) is 0 Å². The van der Waals surface area contributed by atoms with Gasteiger partial charge in [0.25, 0.3) is 0 Å². The van der Waals surface area contributed by atoms with Crippen LogP contribution in [-0.4, -0.2) is 34.8 Å². The third-order valence-corrected chi connectivity index (χ3v) is 4.83. The molecule has 142 valence electrons. The van der Waals surface area contributed by atoms with E-state index < -0.39 is 18.1 Å². The van der Waals surface area contributed by atoms with Gasteiger partial charge in [0, 0.05) is 12.3 Å². The number of carbonyl (C=O) groups is 2. The Kier molecular flexibility index (Phi) is 4.80. The quantitative estimate of drug-likeness (QED) is 0.683. The van der Waals surface area contributed by atoms with E-state index >= 15 is 0 Å². The molecule has 7 nitrogen and oxygen atoms in total. The van der Waals surface area contributed by atoms with Crippen LogP contribution >= 0.6 is 0 Å². The molecule has 1 amide bonds. The van der Waals surface area contributed by atoms with Gasteiger partial charge in [0.2, 0.25) is 0 Å². The highest BCUT2D eigenvalue weighted by atomic mass is 16.5. The molecular weight excluding hydrogens is 360 g/mol. The van der Waals surface area contributed by atoms with Gasteiger partial charge in [-0.1, -0.05) is 48.5 Å². The van der Waals surface area contributed by atoms with Crippen LogP contribution in [0, 0.1) is 0 Å². The molecule has 1 aliphatic rings. The molecule has 0 saturated carbocycles. The maximum Gasteiger partial charge on any atom is 0.407 e. The average molecular weight is 378 g/mol. The second kappa shape index (κ2) is 7.56. The molecule has 0 aliphatic heterocycles. The van der Waals surface area contributed by atoms with E-state index in [1.54, 1.807) is 0 Å². The molecule has 0 saturated heterocycles. The van der Waals surface area contributed by atoms with Crippen molar-refractivity contribution in [1.82, 2.24) is 10.3 Å². The predicted molar refractivity (Wildman–Crippen MR) is 99.8 cm³/mol. The van der Waals surface area contributed by atoms with E-state index in [-0.39, 0.29) is 18.9 Å². The summed E-state index contributed by atoms with van der Waals surface area (Å²) in [6.07, 6.45) is 1.78. The number of oxazole rings is 1. The number of hydrogen-bond donors (Lipinski definition) is 2. The van der Waals surface area contributed by atoms with E-state index in [4.69, 9.17) is 9.15 Å². The lowest BCUT2D eigenvalue weighted by Gasteiger charge is -2.17. The molecule has 0 bridgehead atoms. The second-order valence-corrected chi connectivity index (χ2v) is 6.54. The number of benzene rings is 2. The minimum atomic E-state index is -1.17. The Morgan fingerprint density at radius 3 is 2.32 bits per heavy atom. The first-order chi connectivity index (χ1) is 13.6. The summed E-state index contributed by atoms with van der Waals surface area (Å²) < 4.78 is 10.2.